The number of aromatic nitrogens is 2. The molecule has 0 bridgehead atoms. The van der Waals surface area contributed by atoms with Crippen molar-refractivity contribution >= 4 is 32.7 Å². The minimum absolute atomic E-state index is 0.0839. The molecule has 3 aromatic carbocycles. The molecule has 0 fully saturated rings. The highest BCUT2D eigenvalue weighted by molar-refractivity contribution is 7.92. The smallest absolute Gasteiger partial charge is 0.262 e. The minimum Gasteiger partial charge on any atom is -0.352 e. The predicted octanol–water partition coefficient (Wildman–Crippen LogP) is 4.27. The average Bonchev–Trinajstić information content (AvgIpc) is 3.21. The van der Waals surface area contributed by atoms with Gasteiger partial charge >= 0.3 is 0 Å². The van der Waals surface area contributed by atoms with Crippen LogP contribution in [0.5, 0.6) is 0 Å². The SMILES string of the molecule is Cc1ccc(NS(=O)(=O)c2cc(C(=O)NCCCn3cnc4ccccc43)ccc2C)cc1. The maximum atomic E-state index is 12.9. The van der Waals surface area contributed by atoms with Gasteiger partial charge in [0.05, 0.1) is 22.3 Å². The number of carbonyl (C=O) groups excluding carboxylic acids is 1. The van der Waals surface area contributed by atoms with E-state index in [-0.39, 0.29) is 10.8 Å². The van der Waals surface area contributed by atoms with Gasteiger partial charge in [0.1, 0.15) is 0 Å². The van der Waals surface area contributed by atoms with Crippen molar-refractivity contribution in [3.05, 3.63) is 89.7 Å². The number of anilines is 1. The predicted molar refractivity (Wildman–Crippen MR) is 130 cm³/mol. The summed E-state index contributed by atoms with van der Waals surface area (Å²) in [5.74, 6) is -0.308. The molecule has 0 aliphatic carbocycles. The van der Waals surface area contributed by atoms with Crippen molar-refractivity contribution in [3.8, 4) is 0 Å². The van der Waals surface area contributed by atoms with Crippen molar-refractivity contribution in [1.82, 2.24) is 14.9 Å². The molecule has 4 aromatic rings. The highest BCUT2D eigenvalue weighted by Crippen LogP contribution is 2.21. The molecule has 4 rings (SSSR count). The lowest BCUT2D eigenvalue weighted by Crippen LogP contribution is -2.25. The van der Waals surface area contributed by atoms with Crippen LogP contribution in [-0.4, -0.2) is 30.4 Å². The number of para-hydroxylation sites is 2. The summed E-state index contributed by atoms with van der Waals surface area (Å²) in [6, 6.07) is 19.7. The number of benzene rings is 3. The van der Waals surface area contributed by atoms with Crippen LogP contribution in [0.3, 0.4) is 0 Å². The molecular weight excluding hydrogens is 436 g/mol. The molecule has 0 spiro atoms. The van der Waals surface area contributed by atoms with E-state index in [1.54, 1.807) is 37.5 Å². The standard InChI is InChI=1S/C25H26N4O3S/c1-18-8-12-21(13-9-18)28-33(31,32)24-16-20(11-10-19(24)2)25(30)26-14-5-15-29-17-27-22-6-3-4-7-23(22)29/h3-4,6-13,16-17,28H,5,14-15H2,1-2H3,(H,26,30). The highest BCUT2D eigenvalue weighted by atomic mass is 32.2. The first kappa shape index (κ1) is 22.5. The Bertz CT molecular complexity index is 1390. The molecule has 0 aliphatic heterocycles. The molecule has 0 aliphatic rings. The van der Waals surface area contributed by atoms with Crippen LogP contribution >= 0.6 is 0 Å². The second-order valence-corrected chi connectivity index (χ2v) is 9.64. The van der Waals surface area contributed by atoms with Gasteiger partial charge in [0.15, 0.2) is 0 Å². The third-order valence-corrected chi connectivity index (χ3v) is 6.96. The summed E-state index contributed by atoms with van der Waals surface area (Å²) in [7, 11) is -3.83. The Balaban J connectivity index is 1.40. The van der Waals surface area contributed by atoms with E-state index in [1.165, 1.54) is 6.07 Å². The van der Waals surface area contributed by atoms with Gasteiger partial charge in [0, 0.05) is 24.3 Å². The molecule has 2 N–H and O–H groups in total. The van der Waals surface area contributed by atoms with Crippen LogP contribution in [0.2, 0.25) is 0 Å². The maximum absolute atomic E-state index is 12.9. The van der Waals surface area contributed by atoms with E-state index in [0.717, 1.165) is 29.6 Å². The zero-order chi connectivity index (χ0) is 23.4. The number of sulfonamides is 1. The maximum Gasteiger partial charge on any atom is 0.262 e. The fourth-order valence-electron chi connectivity index (χ4n) is 3.60. The Labute approximate surface area is 193 Å². The van der Waals surface area contributed by atoms with Crippen LogP contribution < -0.4 is 10.0 Å². The summed E-state index contributed by atoms with van der Waals surface area (Å²) in [5, 5.41) is 2.88. The third-order valence-electron chi connectivity index (χ3n) is 5.43. The van der Waals surface area contributed by atoms with Crippen LogP contribution in [0.1, 0.15) is 27.9 Å². The second kappa shape index (κ2) is 9.46. The lowest BCUT2D eigenvalue weighted by molar-refractivity contribution is 0.0952. The number of amides is 1. The summed E-state index contributed by atoms with van der Waals surface area (Å²) < 4.78 is 30.5. The fourth-order valence-corrected chi connectivity index (χ4v) is 4.93. The van der Waals surface area contributed by atoms with Gasteiger partial charge in [-0.25, -0.2) is 13.4 Å². The summed E-state index contributed by atoms with van der Waals surface area (Å²) in [5.41, 5.74) is 4.37. The Morgan fingerprint density at radius 2 is 1.76 bits per heavy atom. The van der Waals surface area contributed by atoms with Gasteiger partial charge in [-0.3, -0.25) is 9.52 Å². The third kappa shape index (κ3) is 5.23. The highest BCUT2D eigenvalue weighted by Gasteiger charge is 2.19. The van der Waals surface area contributed by atoms with E-state index < -0.39 is 10.0 Å². The zero-order valence-electron chi connectivity index (χ0n) is 18.6. The van der Waals surface area contributed by atoms with E-state index >= 15 is 0 Å². The summed E-state index contributed by atoms with van der Waals surface area (Å²) in [6.45, 7) is 4.82. The summed E-state index contributed by atoms with van der Waals surface area (Å²) in [4.78, 5) is 17.1. The van der Waals surface area contributed by atoms with E-state index in [0.29, 0.717) is 23.4 Å². The molecule has 0 atom stereocenters. The molecule has 33 heavy (non-hydrogen) atoms. The van der Waals surface area contributed by atoms with Gasteiger partial charge in [-0.15, -0.1) is 0 Å². The first-order chi connectivity index (χ1) is 15.8. The van der Waals surface area contributed by atoms with E-state index in [4.69, 9.17) is 0 Å². The van der Waals surface area contributed by atoms with E-state index in [9.17, 15) is 13.2 Å². The quantitative estimate of drug-likeness (QED) is 0.382. The monoisotopic (exact) mass is 462 g/mol. The molecule has 1 amide bonds. The normalized spacial score (nSPS) is 11.5. The number of fused-ring (bicyclic) bond motifs is 1. The lowest BCUT2D eigenvalue weighted by atomic mass is 10.1. The van der Waals surface area contributed by atoms with Gasteiger partial charge in [0.2, 0.25) is 0 Å². The number of imidazole rings is 1. The largest absolute Gasteiger partial charge is 0.352 e. The Kier molecular flexibility index (Phi) is 6.46. The fraction of sp³-hybridized carbons (Fsp3) is 0.200. The number of nitrogens with one attached hydrogen (secondary N) is 2. The van der Waals surface area contributed by atoms with Crippen molar-refractivity contribution in [1.29, 1.82) is 0 Å². The topological polar surface area (TPSA) is 93.1 Å². The molecule has 7 nitrogen and oxygen atoms in total. The molecule has 170 valence electrons. The van der Waals surface area contributed by atoms with Gasteiger partial charge in [-0.1, -0.05) is 35.9 Å². The first-order valence-corrected chi connectivity index (χ1v) is 12.2. The lowest BCUT2D eigenvalue weighted by Gasteiger charge is -2.12. The van der Waals surface area contributed by atoms with Gasteiger partial charge in [-0.2, -0.15) is 0 Å². The second-order valence-electron chi connectivity index (χ2n) is 7.99. The van der Waals surface area contributed by atoms with Crippen molar-refractivity contribution in [2.45, 2.75) is 31.7 Å². The van der Waals surface area contributed by atoms with Gasteiger partial charge in [0.25, 0.3) is 15.9 Å². The number of nitrogens with zero attached hydrogens (tertiary/aromatic N) is 2. The van der Waals surface area contributed by atoms with Crippen LogP contribution in [-0.2, 0) is 16.6 Å². The molecule has 0 radical (unpaired) electrons. The van der Waals surface area contributed by atoms with Crippen LogP contribution in [0.25, 0.3) is 11.0 Å². The number of aryl methyl sites for hydroxylation is 3. The van der Waals surface area contributed by atoms with Crippen molar-refractivity contribution < 1.29 is 13.2 Å². The molecule has 0 unspecified atom stereocenters. The van der Waals surface area contributed by atoms with Gasteiger partial charge in [-0.05, 0) is 62.2 Å². The average molecular weight is 463 g/mol. The van der Waals surface area contributed by atoms with E-state index in [2.05, 4.69) is 19.6 Å². The Hall–Kier alpha value is -3.65. The number of hydrogen-bond donors (Lipinski definition) is 2. The minimum atomic E-state index is -3.83. The zero-order valence-corrected chi connectivity index (χ0v) is 19.4. The number of rotatable bonds is 8. The Morgan fingerprint density at radius 1 is 1.00 bits per heavy atom. The Morgan fingerprint density at radius 3 is 2.55 bits per heavy atom. The summed E-state index contributed by atoms with van der Waals surface area (Å²) in [6.07, 6.45) is 2.52. The van der Waals surface area contributed by atoms with Crippen LogP contribution in [0, 0.1) is 13.8 Å². The number of carbonyl (C=O) groups is 1. The molecule has 1 heterocycles. The van der Waals surface area contributed by atoms with Crippen LogP contribution in [0.4, 0.5) is 5.69 Å². The molecule has 0 saturated carbocycles. The van der Waals surface area contributed by atoms with Crippen molar-refractivity contribution in [3.63, 3.8) is 0 Å². The number of hydrogen-bond acceptors (Lipinski definition) is 4. The van der Waals surface area contributed by atoms with Gasteiger partial charge < -0.3 is 9.88 Å². The van der Waals surface area contributed by atoms with Crippen LogP contribution in [0.15, 0.2) is 78.0 Å². The molecule has 0 saturated heterocycles. The van der Waals surface area contributed by atoms with Crippen molar-refractivity contribution in [2.75, 3.05) is 11.3 Å². The van der Waals surface area contributed by atoms with Crippen molar-refractivity contribution in [2.24, 2.45) is 0 Å². The molecule has 1 aromatic heterocycles. The summed E-state index contributed by atoms with van der Waals surface area (Å²) >= 11 is 0. The first-order valence-electron chi connectivity index (χ1n) is 10.7. The molecule has 8 heteroatoms. The van der Waals surface area contributed by atoms with E-state index in [1.807, 2.05) is 43.3 Å². The molecular formula is C25H26N4O3S.